The monoisotopic (exact) mass is 347 g/mol. The Morgan fingerprint density at radius 3 is 2.48 bits per heavy atom. The molecule has 0 spiro atoms. The predicted molar refractivity (Wildman–Crippen MR) is 78.3 cm³/mol. The van der Waals surface area contributed by atoms with Gasteiger partial charge in [0.25, 0.3) is 0 Å². The number of halogens is 2. The summed E-state index contributed by atoms with van der Waals surface area (Å²) >= 11 is 0.768. The molecule has 0 radical (unpaired) electrons. The molecule has 1 aliphatic rings. The Labute approximate surface area is 134 Å². The van der Waals surface area contributed by atoms with Crippen LogP contribution in [0.3, 0.4) is 0 Å². The molecule has 0 bridgehead atoms. The van der Waals surface area contributed by atoms with Crippen molar-refractivity contribution in [1.82, 2.24) is 0 Å². The molecule has 1 amide bonds. The quantitative estimate of drug-likeness (QED) is 0.799. The lowest BCUT2D eigenvalue weighted by Crippen LogP contribution is -2.42. The Kier molecular flexibility index (Phi) is 4.69. The molecule has 2 rings (SSSR count). The number of nitrogens with one attached hydrogen (secondary N) is 1. The third kappa shape index (κ3) is 3.49. The number of ether oxygens (including phenoxy) is 1. The van der Waals surface area contributed by atoms with Gasteiger partial charge >= 0.3 is 11.9 Å². The number of hydrogen-bond acceptors (Lipinski definition) is 5. The fourth-order valence-electron chi connectivity index (χ4n) is 2.31. The Morgan fingerprint density at radius 2 is 2.00 bits per heavy atom. The Morgan fingerprint density at radius 1 is 1.39 bits per heavy atom. The minimum atomic E-state index is -2.85. The number of carboxylic acids is 1. The van der Waals surface area contributed by atoms with Crippen molar-refractivity contribution in [2.24, 2.45) is 5.92 Å². The van der Waals surface area contributed by atoms with Crippen LogP contribution in [0.2, 0.25) is 0 Å². The average molecular weight is 347 g/mol. The van der Waals surface area contributed by atoms with Crippen molar-refractivity contribution in [3.05, 3.63) is 16.0 Å². The number of carboxylic acid groups (broad SMARTS) is 1. The summed E-state index contributed by atoms with van der Waals surface area (Å²) in [6.45, 7) is 3.16. The van der Waals surface area contributed by atoms with Crippen LogP contribution in [-0.4, -0.2) is 35.5 Å². The number of thiophene rings is 1. The molecule has 1 fully saturated rings. The second kappa shape index (κ2) is 6.23. The summed E-state index contributed by atoms with van der Waals surface area (Å²) in [5.74, 6) is -6.38. The molecule has 9 heteroatoms. The van der Waals surface area contributed by atoms with Crippen LogP contribution < -0.4 is 5.32 Å². The van der Waals surface area contributed by atoms with Gasteiger partial charge in [0.2, 0.25) is 11.8 Å². The maximum Gasteiger partial charge on any atom is 0.348 e. The van der Waals surface area contributed by atoms with Crippen LogP contribution in [0.4, 0.5) is 13.8 Å². The third-order valence-electron chi connectivity index (χ3n) is 3.52. The van der Waals surface area contributed by atoms with Crippen molar-refractivity contribution in [3.63, 3.8) is 0 Å². The van der Waals surface area contributed by atoms with E-state index in [0.29, 0.717) is 0 Å². The van der Waals surface area contributed by atoms with E-state index in [-0.39, 0.29) is 27.6 Å². The normalized spacial score (nSPS) is 16.5. The second-order valence-electron chi connectivity index (χ2n) is 5.24. The summed E-state index contributed by atoms with van der Waals surface area (Å²) in [6, 6.07) is 0. The maximum absolute atomic E-state index is 12.8. The van der Waals surface area contributed by atoms with Crippen molar-refractivity contribution in [2.45, 2.75) is 32.6 Å². The lowest BCUT2D eigenvalue weighted by molar-refractivity contribution is -0.145. The van der Waals surface area contributed by atoms with E-state index >= 15 is 0 Å². The van der Waals surface area contributed by atoms with Gasteiger partial charge in [-0.25, -0.2) is 18.4 Å². The molecule has 1 aliphatic carbocycles. The number of rotatable bonds is 5. The first-order valence-corrected chi connectivity index (χ1v) is 7.70. The van der Waals surface area contributed by atoms with Crippen molar-refractivity contribution >= 4 is 34.2 Å². The number of hydrogen-bond donors (Lipinski definition) is 2. The van der Waals surface area contributed by atoms with Crippen molar-refractivity contribution in [2.75, 3.05) is 11.9 Å². The van der Waals surface area contributed by atoms with Crippen LogP contribution in [0.15, 0.2) is 0 Å². The van der Waals surface area contributed by atoms with E-state index < -0.39 is 42.5 Å². The van der Waals surface area contributed by atoms with Gasteiger partial charge in [-0.05, 0) is 19.4 Å². The summed E-state index contributed by atoms with van der Waals surface area (Å²) < 4.78 is 30.5. The Hall–Kier alpha value is -2.03. The molecule has 0 unspecified atom stereocenters. The van der Waals surface area contributed by atoms with E-state index in [2.05, 4.69) is 5.32 Å². The number of anilines is 1. The van der Waals surface area contributed by atoms with Crippen molar-refractivity contribution < 1.29 is 33.0 Å². The van der Waals surface area contributed by atoms with E-state index in [9.17, 15) is 28.3 Å². The molecular formula is C14H15F2NO5S. The molecule has 2 N–H and O–H groups in total. The predicted octanol–water partition coefficient (Wildman–Crippen LogP) is 2.92. The Bertz CT molecular complexity index is 662. The lowest BCUT2D eigenvalue weighted by atomic mass is 9.81. The number of carbonyl (C=O) groups excluding carboxylic acids is 2. The smallest absolute Gasteiger partial charge is 0.348 e. The highest BCUT2D eigenvalue weighted by Crippen LogP contribution is 2.43. The third-order valence-corrected chi connectivity index (χ3v) is 4.71. The van der Waals surface area contributed by atoms with Gasteiger partial charge in [0, 0.05) is 18.8 Å². The fraction of sp³-hybridized carbons (Fsp3) is 0.500. The van der Waals surface area contributed by atoms with E-state index in [1.54, 1.807) is 6.92 Å². The SMILES string of the molecule is CCOC(=O)c1sc(NC(=O)C2CC(F)(F)C2)c(C(=O)O)c1C. The molecule has 126 valence electrons. The van der Waals surface area contributed by atoms with Gasteiger partial charge < -0.3 is 15.2 Å². The highest BCUT2D eigenvalue weighted by molar-refractivity contribution is 7.18. The van der Waals surface area contributed by atoms with Gasteiger partial charge in [-0.15, -0.1) is 11.3 Å². The van der Waals surface area contributed by atoms with Gasteiger partial charge in [0.15, 0.2) is 0 Å². The molecular weight excluding hydrogens is 332 g/mol. The number of amides is 1. The van der Waals surface area contributed by atoms with Gasteiger partial charge in [0.1, 0.15) is 9.88 Å². The zero-order valence-corrected chi connectivity index (χ0v) is 13.3. The number of carbonyl (C=O) groups is 3. The molecule has 1 heterocycles. The standard InChI is InChI=1S/C14H15F2NO5S/c1-3-22-13(21)9-6(2)8(12(19)20)11(23-9)17-10(18)7-4-14(15,16)5-7/h7H,3-5H2,1-2H3,(H,17,18)(H,19,20). The molecule has 1 aromatic heterocycles. The number of alkyl halides is 2. The van der Waals surface area contributed by atoms with E-state index in [1.807, 2.05) is 0 Å². The molecule has 0 atom stereocenters. The lowest BCUT2D eigenvalue weighted by Gasteiger charge is -2.33. The number of aromatic carboxylic acids is 1. The zero-order chi connectivity index (χ0) is 17.4. The summed E-state index contributed by atoms with van der Waals surface area (Å²) in [6.07, 6.45) is -1.12. The maximum atomic E-state index is 12.8. The van der Waals surface area contributed by atoms with Crippen LogP contribution in [0.25, 0.3) is 0 Å². The molecule has 1 saturated carbocycles. The van der Waals surface area contributed by atoms with Crippen LogP contribution in [0, 0.1) is 12.8 Å². The summed E-state index contributed by atoms with van der Waals surface area (Å²) in [5.41, 5.74) is -0.0484. The molecule has 6 nitrogen and oxygen atoms in total. The van der Waals surface area contributed by atoms with Crippen LogP contribution in [0.5, 0.6) is 0 Å². The first-order valence-electron chi connectivity index (χ1n) is 6.88. The summed E-state index contributed by atoms with van der Waals surface area (Å²) in [5, 5.41) is 11.6. The van der Waals surface area contributed by atoms with Gasteiger partial charge in [-0.2, -0.15) is 0 Å². The zero-order valence-electron chi connectivity index (χ0n) is 12.4. The number of esters is 1. The first kappa shape index (κ1) is 17.3. The highest BCUT2D eigenvalue weighted by Gasteiger charge is 2.49. The van der Waals surface area contributed by atoms with E-state index in [1.165, 1.54) is 6.92 Å². The van der Waals surface area contributed by atoms with Crippen molar-refractivity contribution in [3.8, 4) is 0 Å². The molecule has 0 aliphatic heterocycles. The van der Waals surface area contributed by atoms with E-state index in [4.69, 9.17) is 4.74 Å². The largest absolute Gasteiger partial charge is 0.478 e. The average Bonchev–Trinajstić information content (AvgIpc) is 2.73. The van der Waals surface area contributed by atoms with Crippen LogP contribution in [-0.2, 0) is 9.53 Å². The summed E-state index contributed by atoms with van der Waals surface area (Å²) in [4.78, 5) is 35.2. The Balaban J connectivity index is 2.24. The summed E-state index contributed by atoms with van der Waals surface area (Å²) in [7, 11) is 0. The van der Waals surface area contributed by atoms with Crippen LogP contribution in [0.1, 0.15) is 45.4 Å². The van der Waals surface area contributed by atoms with Gasteiger partial charge in [0.05, 0.1) is 12.2 Å². The second-order valence-corrected chi connectivity index (χ2v) is 6.26. The van der Waals surface area contributed by atoms with Gasteiger partial charge in [-0.1, -0.05) is 0 Å². The minimum absolute atomic E-state index is 0.0433. The highest BCUT2D eigenvalue weighted by atomic mass is 32.1. The fourth-order valence-corrected chi connectivity index (χ4v) is 3.41. The topological polar surface area (TPSA) is 92.7 Å². The van der Waals surface area contributed by atoms with E-state index in [0.717, 1.165) is 11.3 Å². The minimum Gasteiger partial charge on any atom is -0.478 e. The van der Waals surface area contributed by atoms with Crippen LogP contribution >= 0.6 is 11.3 Å². The molecule has 23 heavy (non-hydrogen) atoms. The van der Waals surface area contributed by atoms with Gasteiger partial charge in [-0.3, -0.25) is 4.79 Å². The molecule has 0 saturated heterocycles. The molecule has 1 aromatic rings. The molecule has 0 aromatic carbocycles. The first-order chi connectivity index (χ1) is 10.7. The van der Waals surface area contributed by atoms with Crippen molar-refractivity contribution in [1.29, 1.82) is 0 Å².